The number of alkyl halides is 3. The van der Waals surface area contributed by atoms with E-state index in [9.17, 15) is 18.0 Å². The van der Waals surface area contributed by atoms with Gasteiger partial charge >= 0.3 is 11.9 Å². The van der Waals surface area contributed by atoms with Crippen LogP contribution in [0.1, 0.15) is 18.9 Å². The third-order valence-electron chi connectivity index (χ3n) is 2.75. The Morgan fingerprint density at radius 1 is 1.44 bits per heavy atom. The van der Waals surface area contributed by atoms with Crippen molar-refractivity contribution in [3.05, 3.63) is 47.2 Å². The third kappa shape index (κ3) is 1.83. The van der Waals surface area contributed by atoms with E-state index in [1.165, 1.54) is 18.5 Å². The molecule has 6 heteroatoms. The molecule has 0 aliphatic heterocycles. The Balaban J connectivity index is 2.81. The summed E-state index contributed by atoms with van der Waals surface area (Å²) in [4.78, 5) is 11.9. The zero-order valence-corrected chi connectivity index (χ0v) is 9.66. The molecule has 2 aromatic rings. The molecule has 0 aromatic carbocycles. The van der Waals surface area contributed by atoms with Crippen LogP contribution in [0.3, 0.4) is 0 Å². The molecule has 0 bridgehead atoms. The number of imidazole rings is 1. The van der Waals surface area contributed by atoms with Crippen molar-refractivity contribution < 1.29 is 13.2 Å². The standard InChI is InChI=1S/C12H11F3N2O/c1-3-8(2)17-7-10-9(12(13,14)15)5-4-6-16(10)11(17)18/h4-7H,2-3H2,1H3. The summed E-state index contributed by atoms with van der Waals surface area (Å²) < 4.78 is 40.5. The van der Waals surface area contributed by atoms with Crippen LogP contribution < -0.4 is 5.69 Å². The van der Waals surface area contributed by atoms with Crippen LogP contribution in [0.15, 0.2) is 35.9 Å². The smallest absolute Gasteiger partial charge is 0.271 e. The molecule has 0 unspecified atom stereocenters. The van der Waals surface area contributed by atoms with Crippen LogP contribution in [0.4, 0.5) is 13.2 Å². The normalized spacial score (nSPS) is 12.0. The van der Waals surface area contributed by atoms with Crippen molar-refractivity contribution in [3.8, 4) is 0 Å². The van der Waals surface area contributed by atoms with Crippen molar-refractivity contribution in [2.24, 2.45) is 0 Å². The van der Waals surface area contributed by atoms with E-state index in [4.69, 9.17) is 0 Å². The van der Waals surface area contributed by atoms with Gasteiger partial charge in [-0.05, 0) is 18.6 Å². The Morgan fingerprint density at radius 2 is 2.11 bits per heavy atom. The summed E-state index contributed by atoms with van der Waals surface area (Å²) in [5.74, 6) is 0. The van der Waals surface area contributed by atoms with Crippen LogP contribution in [0.2, 0.25) is 0 Å². The van der Waals surface area contributed by atoms with Crippen LogP contribution in [0.5, 0.6) is 0 Å². The maximum atomic E-state index is 12.8. The number of aromatic nitrogens is 2. The largest absolute Gasteiger partial charge is 0.418 e. The highest BCUT2D eigenvalue weighted by Crippen LogP contribution is 2.32. The van der Waals surface area contributed by atoms with Crippen LogP contribution in [0.25, 0.3) is 11.2 Å². The number of nitrogens with zero attached hydrogens (tertiary/aromatic N) is 2. The van der Waals surface area contributed by atoms with E-state index in [1.54, 1.807) is 6.92 Å². The molecule has 0 N–H and O–H groups in total. The lowest BCUT2D eigenvalue weighted by Crippen LogP contribution is -2.19. The van der Waals surface area contributed by atoms with Gasteiger partial charge in [0.1, 0.15) is 0 Å². The fraction of sp³-hybridized carbons (Fsp3) is 0.250. The lowest BCUT2D eigenvalue weighted by Gasteiger charge is -2.07. The van der Waals surface area contributed by atoms with Crippen molar-refractivity contribution >= 4 is 11.2 Å². The lowest BCUT2D eigenvalue weighted by atomic mass is 10.2. The number of halogens is 3. The second kappa shape index (κ2) is 4.04. The molecule has 2 aromatic heterocycles. The fourth-order valence-corrected chi connectivity index (χ4v) is 1.75. The van der Waals surface area contributed by atoms with Gasteiger partial charge in [0, 0.05) is 18.1 Å². The van der Waals surface area contributed by atoms with Gasteiger partial charge in [-0.3, -0.25) is 8.97 Å². The highest BCUT2D eigenvalue weighted by atomic mass is 19.4. The number of rotatable bonds is 2. The number of pyridine rings is 1. The first-order valence-electron chi connectivity index (χ1n) is 5.34. The third-order valence-corrected chi connectivity index (χ3v) is 2.75. The molecular weight excluding hydrogens is 245 g/mol. The summed E-state index contributed by atoms with van der Waals surface area (Å²) in [5, 5.41) is 0. The molecule has 0 spiro atoms. The minimum absolute atomic E-state index is 0.162. The summed E-state index contributed by atoms with van der Waals surface area (Å²) in [6.07, 6.45) is -1.51. The Hall–Kier alpha value is -1.98. The predicted molar refractivity (Wildman–Crippen MR) is 62.3 cm³/mol. The Bertz CT molecular complexity index is 664. The molecule has 0 aliphatic carbocycles. The van der Waals surface area contributed by atoms with Crippen molar-refractivity contribution in [3.63, 3.8) is 0 Å². The average molecular weight is 256 g/mol. The molecule has 2 rings (SSSR count). The summed E-state index contributed by atoms with van der Waals surface area (Å²) in [6, 6.07) is 2.16. The second-order valence-electron chi connectivity index (χ2n) is 3.88. The zero-order valence-electron chi connectivity index (χ0n) is 9.66. The molecule has 18 heavy (non-hydrogen) atoms. The van der Waals surface area contributed by atoms with Crippen molar-refractivity contribution in [2.45, 2.75) is 19.5 Å². The van der Waals surface area contributed by atoms with E-state index in [0.29, 0.717) is 12.1 Å². The highest BCUT2D eigenvalue weighted by Gasteiger charge is 2.33. The second-order valence-corrected chi connectivity index (χ2v) is 3.88. The van der Waals surface area contributed by atoms with Crippen LogP contribution in [0, 0.1) is 0 Å². The quantitative estimate of drug-likeness (QED) is 0.811. The summed E-state index contributed by atoms with van der Waals surface area (Å²) in [6.45, 7) is 5.44. The van der Waals surface area contributed by atoms with E-state index >= 15 is 0 Å². The van der Waals surface area contributed by atoms with E-state index in [1.807, 2.05) is 0 Å². The average Bonchev–Trinajstić information content (AvgIpc) is 2.65. The maximum Gasteiger partial charge on any atom is 0.418 e. The van der Waals surface area contributed by atoms with Crippen molar-refractivity contribution in [2.75, 3.05) is 0 Å². The molecule has 3 nitrogen and oxygen atoms in total. The van der Waals surface area contributed by atoms with Crippen LogP contribution in [-0.2, 0) is 6.18 Å². The Kier molecular flexibility index (Phi) is 2.80. The van der Waals surface area contributed by atoms with E-state index in [-0.39, 0.29) is 5.52 Å². The maximum absolute atomic E-state index is 12.8. The molecule has 0 fully saturated rings. The van der Waals surface area contributed by atoms with Gasteiger partial charge in [-0.2, -0.15) is 13.2 Å². The minimum Gasteiger partial charge on any atom is -0.271 e. The molecule has 0 atom stereocenters. The van der Waals surface area contributed by atoms with Gasteiger partial charge in [0.05, 0.1) is 11.1 Å². The molecule has 0 saturated heterocycles. The minimum atomic E-state index is -4.49. The molecule has 0 radical (unpaired) electrons. The molecule has 96 valence electrons. The number of hydrogen-bond donors (Lipinski definition) is 0. The van der Waals surface area contributed by atoms with Gasteiger partial charge in [-0.25, -0.2) is 4.79 Å². The van der Waals surface area contributed by atoms with Crippen molar-refractivity contribution in [1.29, 1.82) is 0 Å². The van der Waals surface area contributed by atoms with Gasteiger partial charge in [0.15, 0.2) is 0 Å². The van der Waals surface area contributed by atoms with Crippen LogP contribution >= 0.6 is 0 Å². The molecular formula is C12H11F3N2O. The summed E-state index contributed by atoms with van der Waals surface area (Å²) >= 11 is 0. The predicted octanol–water partition coefficient (Wildman–Crippen LogP) is 3.00. The first kappa shape index (κ1) is 12.5. The van der Waals surface area contributed by atoms with Gasteiger partial charge in [-0.1, -0.05) is 13.5 Å². The summed E-state index contributed by atoms with van der Waals surface area (Å²) in [5.41, 5.74) is -1.07. The molecule has 2 heterocycles. The SMILES string of the molecule is C=C(CC)n1cc2c(C(F)(F)F)cccn2c1=O. The number of hydrogen-bond acceptors (Lipinski definition) is 1. The molecule has 0 amide bonds. The molecule has 0 saturated carbocycles. The van der Waals surface area contributed by atoms with E-state index in [2.05, 4.69) is 6.58 Å². The van der Waals surface area contributed by atoms with E-state index < -0.39 is 17.4 Å². The number of fused-ring (bicyclic) bond motifs is 1. The topological polar surface area (TPSA) is 26.4 Å². The van der Waals surface area contributed by atoms with Crippen molar-refractivity contribution in [1.82, 2.24) is 8.97 Å². The molecule has 0 aliphatic rings. The van der Waals surface area contributed by atoms with Crippen LogP contribution in [-0.4, -0.2) is 8.97 Å². The van der Waals surface area contributed by atoms with E-state index in [0.717, 1.165) is 15.0 Å². The Labute approximate surface area is 101 Å². The first-order valence-corrected chi connectivity index (χ1v) is 5.34. The Morgan fingerprint density at radius 3 is 2.67 bits per heavy atom. The zero-order chi connectivity index (χ0) is 13.5. The number of allylic oxidation sites excluding steroid dienone is 1. The monoisotopic (exact) mass is 256 g/mol. The summed E-state index contributed by atoms with van der Waals surface area (Å²) in [7, 11) is 0. The first-order chi connectivity index (χ1) is 8.36. The highest BCUT2D eigenvalue weighted by molar-refractivity contribution is 5.58. The van der Waals surface area contributed by atoms with Gasteiger partial charge in [0.25, 0.3) is 0 Å². The van der Waals surface area contributed by atoms with Gasteiger partial charge in [-0.15, -0.1) is 0 Å². The van der Waals surface area contributed by atoms with Gasteiger partial charge in [0.2, 0.25) is 0 Å². The fourth-order valence-electron chi connectivity index (χ4n) is 1.75. The van der Waals surface area contributed by atoms with Gasteiger partial charge < -0.3 is 0 Å². The lowest BCUT2D eigenvalue weighted by molar-refractivity contribution is -0.136.